The van der Waals surface area contributed by atoms with Gasteiger partial charge in [-0.15, -0.1) is 0 Å². The standard InChI is InChI=1S/C13H10ClFN2O/c14-8-1-4-12-11(5-8)17-7-13(18-12)10-3-2-9(15)6-16-10/h1-6,13,17H,7H2. The van der Waals surface area contributed by atoms with Gasteiger partial charge in [0.1, 0.15) is 11.6 Å². The molecule has 3 rings (SSSR count). The number of hydrogen-bond donors (Lipinski definition) is 1. The van der Waals surface area contributed by atoms with Crippen molar-refractivity contribution in [1.29, 1.82) is 0 Å². The summed E-state index contributed by atoms with van der Waals surface area (Å²) in [5.41, 5.74) is 1.56. The smallest absolute Gasteiger partial charge is 0.158 e. The second-order valence-electron chi connectivity index (χ2n) is 4.03. The molecule has 1 aromatic carbocycles. The molecule has 0 bridgehead atoms. The van der Waals surface area contributed by atoms with E-state index in [9.17, 15) is 4.39 Å². The van der Waals surface area contributed by atoms with Crippen molar-refractivity contribution in [3.8, 4) is 5.75 Å². The van der Waals surface area contributed by atoms with Gasteiger partial charge in [0.05, 0.1) is 24.1 Å². The van der Waals surface area contributed by atoms with Crippen LogP contribution in [0.5, 0.6) is 5.75 Å². The number of anilines is 1. The van der Waals surface area contributed by atoms with Crippen LogP contribution in [0.25, 0.3) is 0 Å². The van der Waals surface area contributed by atoms with Crippen molar-refractivity contribution < 1.29 is 9.13 Å². The number of pyridine rings is 1. The Labute approximate surface area is 109 Å². The molecule has 1 atom stereocenters. The van der Waals surface area contributed by atoms with Crippen LogP contribution in [0.1, 0.15) is 11.8 Å². The maximum atomic E-state index is 12.8. The van der Waals surface area contributed by atoms with Gasteiger partial charge in [-0.1, -0.05) is 11.6 Å². The van der Waals surface area contributed by atoms with Crippen molar-refractivity contribution >= 4 is 17.3 Å². The highest BCUT2D eigenvalue weighted by molar-refractivity contribution is 6.30. The molecule has 1 aliphatic rings. The van der Waals surface area contributed by atoms with Gasteiger partial charge in [0, 0.05) is 5.02 Å². The van der Waals surface area contributed by atoms with Crippen molar-refractivity contribution in [2.45, 2.75) is 6.10 Å². The summed E-state index contributed by atoms with van der Waals surface area (Å²) in [6.45, 7) is 0.575. The van der Waals surface area contributed by atoms with Crippen LogP contribution in [-0.4, -0.2) is 11.5 Å². The topological polar surface area (TPSA) is 34.1 Å². The predicted molar refractivity (Wildman–Crippen MR) is 67.5 cm³/mol. The summed E-state index contributed by atoms with van der Waals surface area (Å²) < 4.78 is 18.6. The van der Waals surface area contributed by atoms with Gasteiger partial charge in [0.2, 0.25) is 0 Å². The van der Waals surface area contributed by atoms with Crippen molar-refractivity contribution in [2.75, 3.05) is 11.9 Å². The first-order valence-electron chi connectivity index (χ1n) is 5.54. The fraction of sp³-hybridized carbons (Fsp3) is 0.154. The SMILES string of the molecule is Fc1ccc(C2CNc3cc(Cl)ccc3O2)nc1. The van der Waals surface area contributed by atoms with Gasteiger partial charge in [0.25, 0.3) is 0 Å². The number of hydrogen-bond acceptors (Lipinski definition) is 3. The lowest BCUT2D eigenvalue weighted by atomic mass is 10.1. The number of benzene rings is 1. The maximum absolute atomic E-state index is 12.8. The molecule has 3 nitrogen and oxygen atoms in total. The second kappa shape index (κ2) is 4.46. The Morgan fingerprint density at radius 2 is 2.22 bits per heavy atom. The van der Waals surface area contributed by atoms with Gasteiger partial charge in [0.15, 0.2) is 6.10 Å². The third-order valence-corrected chi connectivity index (χ3v) is 3.00. The Bertz CT molecular complexity index is 574. The summed E-state index contributed by atoms with van der Waals surface area (Å²) in [7, 11) is 0. The highest BCUT2D eigenvalue weighted by Gasteiger charge is 2.21. The van der Waals surface area contributed by atoms with Gasteiger partial charge in [-0.3, -0.25) is 4.98 Å². The highest BCUT2D eigenvalue weighted by atomic mass is 35.5. The van der Waals surface area contributed by atoms with E-state index in [1.807, 2.05) is 6.07 Å². The Morgan fingerprint density at radius 3 is 3.00 bits per heavy atom. The number of nitrogens with one attached hydrogen (secondary N) is 1. The average Bonchev–Trinajstić information content (AvgIpc) is 2.39. The molecule has 92 valence electrons. The van der Waals surface area contributed by atoms with Crippen molar-refractivity contribution in [3.05, 3.63) is 53.1 Å². The molecule has 2 aromatic rings. The molecule has 0 saturated carbocycles. The molecule has 1 aromatic heterocycles. The zero-order valence-electron chi connectivity index (χ0n) is 9.36. The average molecular weight is 265 g/mol. The zero-order valence-corrected chi connectivity index (χ0v) is 10.1. The third-order valence-electron chi connectivity index (χ3n) is 2.77. The first-order chi connectivity index (χ1) is 8.72. The first-order valence-corrected chi connectivity index (χ1v) is 5.92. The van der Waals surface area contributed by atoms with Gasteiger partial charge in [-0.2, -0.15) is 0 Å². The minimum Gasteiger partial charge on any atom is -0.480 e. The lowest BCUT2D eigenvalue weighted by Gasteiger charge is -2.27. The van der Waals surface area contributed by atoms with E-state index < -0.39 is 0 Å². The Kier molecular flexibility index (Phi) is 2.80. The fourth-order valence-electron chi connectivity index (χ4n) is 1.88. The molecule has 18 heavy (non-hydrogen) atoms. The summed E-state index contributed by atoms with van der Waals surface area (Å²) in [5, 5.41) is 3.88. The lowest BCUT2D eigenvalue weighted by Crippen LogP contribution is -2.24. The van der Waals surface area contributed by atoms with E-state index in [1.165, 1.54) is 12.3 Å². The molecule has 1 N–H and O–H groups in total. The molecule has 2 heterocycles. The summed E-state index contributed by atoms with van der Waals surface area (Å²) in [5.74, 6) is 0.372. The van der Waals surface area contributed by atoms with Crippen LogP contribution in [0.4, 0.5) is 10.1 Å². The maximum Gasteiger partial charge on any atom is 0.158 e. The first kappa shape index (κ1) is 11.3. The Morgan fingerprint density at radius 1 is 1.33 bits per heavy atom. The van der Waals surface area contributed by atoms with E-state index in [0.29, 0.717) is 17.3 Å². The number of ether oxygens (including phenoxy) is 1. The van der Waals surface area contributed by atoms with Crippen LogP contribution in [0.3, 0.4) is 0 Å². The molecule has 1 aliphatic heterocycles. The molecular formula is C13H10ClFN2O. The van der Waals surface area contributed by atoms with Crippen LogP contribution in [-0.2, 0) is 0 Å². The largest absolute Gasteiger partial charge is 0.480 e. The van der Waals surface area contributed by atoms with Crippen LogP contribution in [0.2, 0.25) is 5.02 Å². The molecule has 0 amide bonds. The van der Waals surface area contributed by atoms with Crippen LogP contribution in [0.15, 0.2) is 36.5 Å². The normalized spacial score (nSPS) is 17.6. The van der Waals surface area contributed by atoms with Gasteiger partial charge in [-0.25, -0.2) is 4.39 Å². The minimum absolute atomic E-state index is 0.223. The van der Waals surface area contributed by atoms with Crippen molar-refractivity contribution in [3.63, 3.8) is 0 Å². The number of rotatable bonds is 1. The van der Waals surface area contributed by atoms with E-state index >= 15 is 0 Å². The quantitative estimate of drug-likeness (QED) is 0.857. The number of nitrogens with zero attached hydrogens (tertiary/aromatic N) is 1. The summed E-state index contributed by atoms with van der Waals surface area (Å²) in [6.07, 6.45) is 0.968. The van der Waals surface area contributed by atoms with Gasteiger partial charge in [-0.05, 0) is 30.3 Å². The second-order valence-corrected chi connectivity index (χ2v) is 4.47. The molecule has 0 fully saturated rings. The molecule has 0 saturated heterocycles. The number of halogens is 2. The van der Waals surface area contributed by atoms with Crippen molar-refractivity contribution in [1.82, 2.24) is 4.98 Å². The molecular weight excluding hydrogens is 255 g/mol. The summed E-state index contributed by atoms with van der Waals surface area (Å²) >= 11 is 5.90. The number of aromatic nitrogens is 1. The van der Waals surface area contributed by atoms with E-state index in [2.05, 4.69) is 10.3 Å². The van der Waals surface area contributed by atoms with Gasteiger partial charge < -0.3 is 10.1 Å². The van der Waals surface area contributed by atoms with E-state index in [0.717, 1.165) is 11.4 Å². The van der Waals surface area contributed by atoms with Crippen molar-refractivity contribution in [2.24, 2.45) is 0 Å². The van der Waals surface area contributed by atoms with Crippen LogP contribution in [0, 0.1) is 5.82 Å². The van der Waals surface area contributed by atoms with Crippen LogP contribution >= 0.6 is 11.6 Å². The summed E-state index contributed by atoms with van der Waals surface area (Å²) in [4.78, 5) is 4.03. The molecule has 0 radical (unpaired) electrons. The predicted octanol–water partition coefficient (Wildman–Crippen LogP) is 3.42. The molecule has 0 spiro atoms. The Balaban J connectivity index is 1.86. The monoisotopic (exact) mass is 264 g/mol. The number of fused-ring (bicyclic) bond motifs is 1. The fourth-order valence-corrected chi connectivity index (χ4v) is 2.06. The molecule has 5 heteroatoms. The summed E-state index contributed by atoms with van der Waals surface area (Å²) in [6, 6.07) is 8.39. The third kappa shape index (κ3) is 2.11. The lowest BCUT2D eigenvalue weighted by molar-refractivity contribution is 0.205. The van der Waals surface area contributed by atoms with Crippen LogP contribution < -0.4 is 10.1 Å². The highest BCUT2D eigenvalue weighted by Crippen LogP contribution is 2.35. The zero-order chi connectivity index (χ0) is 12.5. The van der Waals surface area contributed by atoms with Gasteiger partial charge >= 0.3 is 0 Å². The van der Waals surface area contributed by atoms with E-state index in [-0.39, 0.29) is 11.9 Å². The van der Waals surface area contributed by atoms with E-state index in [4.69, 9.17) is 16.3 Å². The van der Waals surface area contributed by atoms with E-state index in [1.54, 1.807) is 18.2 Å². The Hall–Kier alpha value is -1.81. The minimum atomic E-state index is -0.352. The molecule has 0 aliphatic carbocycles. The molecule has 1 unspecified atom stereocenters.